The molecule has 0 aromatic rings. The minimum Gasteiger partial charge on any atom is -0.894 e. The molecule has 0 saturated carbocycles. The third kappa shape index (κ3) is 80.7. The molecule has 0 N–H and O–H groups in total. The van der Waals surface area contributed by atoms with Crippen LogP contribution in [0.4, 0.5) is 0 Å². The van der Waals surface area contributed by atoms with Gasteiger partial charge in [0.25, 0.3) is 0 Å². The number of hydrogen-bond donors (Lipinski definition) is 0. The quantitative estimate of drug-likeness (QED) is 0.395. The predicted octanol–water partition coefficient (Wildman–Crippen LogP) is -17.1. The summed E-state index contributed by atoms with van der Waals surface area (Å²) in [6, 6.07) is 0. The van der Waals surface area contributed by atoms with E-state index in [2.05, 4.69) is 0 Å². The van der Waals surface area contributed by atoms with Crippen molar-refractivity contribution in [1.29, 1.82) is 0 Å². The van der Waals surface area contributed by atoms with Crippen LogP contribution in [0.1, 0.15) is 0 Å². The molecule has 0 bridgehead atoms. The van der Waals surface area contributed by atoms with Gasteiger partial charge in [-0.3, -0.25) is 0 Å². The Kier molecular flexibility index (Phi) is 70.1. The maximum Gasteiger partial charge on any atom is 1.00 e. The van der Waals surface area contributed by atoms with E-state index in [-0.39, 0.29) is 135 Å². The van der Waals surface area contributed by atoms with Crippen molar-refractivity contribution >= 4 is 9.05 Å². The normalized spacial score (nSPS) is 6.00. The Labute approximate surface area is 159 Å². The zero-order valence-electron chi connectivity index (χ0n) is 6.47. The van der Waals surface area contributed by atoms with Crippen molar-refractivity contribution in [1.82, 2.24) is 0 Å². The summed E-state index contributed by atoms with van der Waals surface area (Å²) in [5.74, 6) is 0. The van der Waals surface area contributed by atoms with E-state index < -0.39 is 9.05 Å². The second kappa shape index (κ2) is 19.2. The van der Waals surface area contributed by atoms with Gasteiger partial charge in [0, 0.05) is 16.8 Å². The molecular weight excluding hydrogens is 243 g/mol. The van der Waals surface area contributed by atoms with E-state index in [0.29, 0.717) is 0 Å². The van der Waals surface area contributed by atoms with Crippen LogP contribution in [0.25, 0.3) is 0 Å². The molecule has 10 heavy (non-hydrogen) atoms. The summed E-state index contributed by atoms with van der Waals surface area (Å²) in [5.41, 5.74) is 0. The van der Waals surface area contributed by atoms with Gasteiger partial charge in [0.15, 0.2) is 0 Å². The molecule has 41 valence electrons. The summed E-state index contributed by atoms with van der Waals surface area (Å²) < 4.78 is 0. The second-order valence-electron chi connectivity index (χ2n) is 0.500. The molecule has 0 aliphatic heterocycles. The molecule has 0 aromatic heterocycles. The molecule has 0 spiro atoms. The molecule has 0 aliphatic carbocycles. The maximum atomic E-state index is 8.58. The van der Waals surface area contributed by atoms with Gasteiger partial charge in [-0.2, -0.15) is 0 Å². The Morgan fingerprint density at radius 2 is 0.600 bits per heavy atom. The van der Waals surface area contributed by atoms with Crippen LogP contribution in [0.3, 0.4) is 0 Å². The van der Waals surface area contributed by atoms with E-state index in [1.54, 1.807) is 0 Å². The molecule has 0 aromatic carbocycles. The molecule has 0 heterocycles. The Morgan fingerprint density at radius 1 is 0.600 bits per heavy atom. The number of rotatable bonds is 0. The average Bonchev–Trinajstić information content (AvgIpc) is 0.722. The summed E-state index contributed by atoms with van der Waals surface area (Å²) in [7, 11) is -5.61. The number of hydrogen-bond acceptors (Lipinski definition) is 4. The zero-order valence-corrected chi connectivity index (χ0v) is 16.5. The molecule has 10 heteroatoms. The zero-order chi connectivity index (χ0) is 4.50. The van der Waals surface area contributed by atoms with E-state index in [1.807, 2.05) is 0 Å². The minimum atomic E-state index is -5.61. The topological polar surface area (TPSA) is 92.2 Å². The fourth-order valence-corrected chi connectivity index (χ4v) is 0. The van der Waals surface area contributed by atoms with E-state index in [4.69, 9.17) is 19.2 Å². The Bertz CT molecular complexity index is 32.7. The molecule has 0 atom stereocenters. The van der Waals surface area contributed by atoms with Gasteiger partial charge in [0.05, 0.1) is 0 Å². The largest absolute Gasteiger partial charge is 1.00 e. The molecule has 4 nitrogen and oxygen atoms in total. The molecule has 1 radical (unpaired) electrons. The van der Waals surface area contributed by atoms with E-state index in [1.165, 1.54) is 0 Å². The van der Waals surface area contributed by atoms with Gasteiger partial charge in [-0.1, -0.05) is 0 Å². The first-order valence-electron chi connectivity index (χ1n) is 0.816. The SMILES string of the molecule is [Co].[Na+].[Na+].[Na+].[Na+].[O-][Si]([O-])([O-])[O-]. The van der Waals surface area contributed by atoms with Crippen molar-refractivity contribution < 1.29 is 154 Å². The molecule has 0 saturated heterocycles. The van der Waals surface area contributed by atoms with Crippen LogP contribution < -0.4 is 137 Å². The average molecular weight is 243 g/mol. The Balaban J connectivity index is -0.00000000800. The van der Waals surface area contributed by atoms with Crippen molar-refractivity contribution in [3.05, 3.63) is 0 Å². The van der Waals surface area contributed by atoms with Crippen LogP contribution in [-0.4, -0.2) is 9.05 Å². The third-order valence-electron chi connectivity index (χ3n) is 0. The molecule has 0 fully saturated rings. The van der Waals surface area contributed by atoms with E-state index in [0.717, 1.165) is 0 Å². The van der Waals surface area contributed by atoms with Gasteiger partial charge in [-0.25, -0.2) is 0 Å². The van der Waals surface area contributed by atoms with Crippen LogP contribution in [0.5, 0.6) is 0 Å². The van der Waals surface area contributed by atoms with Crippen molar-refractivity contribution in [2.45, 2.75) is 0 Å². The first-order valence-corrected chi connectivity index (χ1v) is 2.45. The van der Waals surface area contributed by atoms with Crippen LogP contribution in [0.15, 0.2) is 0 Å². The predicted molar refractivity (Wildman–Crippen MR) is 5.75 cm³/mol. The molecule has 0 rings (SSSR count). The van der Waals surface area contributed by atoms with Crippen LogP contribution in [-0.2, 0) is 16.8 Å². The first kappa shape index (κ1) is 36.5. The molecule has 0 amide bonds. The summed E-state index contributed by atoms with van der Waals surface area (Å²) in [5, 5.41) is 0. The molecular formula is CoNa4O4Si. The fraction of sp³-hybridized carbons (Fsp3) is 0. The van der Waals surface area contributed by atoms with Crippen molar-refractivity contribution in [2.24, 2.45) is 0 Å². The maximum absolute atomic E-state index is 8.58. The molecule has 0 unspecified atom stereocenters. The monoisotopic (exact) mass is 243 g/mol. The third-order valence-corrected chi connectivity index (χ3v) is 0. The van der Waals surface area contributed by atoms with Crippen molar-refractivity contribution in [3.8, 4) is 0 Å². The van der Waals surface area contributed by atoms with Gasteiger partial charge < -0.3 is 28.2 Å². The standard InChI is InChI=1S/Co.4Na.O4Si/c;;;;;1-5(2,3)4/q;4*+1;-4. The van der Waals surface area contributed by atoms with Crippen molar-refractivity contribution in [3.63, 3.8) is 0 Å². The van der Waals surface area contributed by atoms with Gasteiger partial charge in [-0.05, 0) is 0 Å². The van der Waals surface area contributed by atoms with Gasteiger partial charge >= 0.3 is 118 Å². The van der Waals surface area contributed by atoms with Crippen molar-refractivity contribution in [2.75, 3.05) is 0 Å². The summed E-state index contributed by atoms with van der Waals surface area (Å²) in [6.07, 6.45) is 0. The molecule has 0 aliphatic rings. The second-order valence-corrected chi connectivity index (χ2v) is 1.50. The first-order chi connectivity index (χ1) is 2.00. The Morgan fingerprint density at radius 3 is 0.600 bits per heavy atom. The van der Waals surface area contributed by atoms with Gasteiger partial charge in [-0.15, -0.1) is 0 Å². The van der Waals surface area contributed by atoms with Crippen LogP contribution >= 0.6 is 0 Å². The minimum absolute atomic E-state index is 0. The summed E-state index contributed by atoms with van der Waals surface area (Å²) in [6.45, 7) is 0. The summed E-state index contributed by atoms with van der Waals surface area (Å²) in [4.78, 5) is 34.3. The Hall–Kier alpha value is 4.56. The van der Waals surface area contributed by atoms with Gasteiger partial charge in [0.2, 0.25) is 0 Å². The fourth-order valence-electron chi connectivity index (χ4n) is 0. The summed E-state index contributed by atoms with van der Waals surface area (Å²) >= 11 is 0. The van der Waals surface area contributed by atoms with Crippen LogP contribution in [0.2, 0.25) is 0 Å². The van der Waals surface area contributed by atoms with Crippen LogP contribution in [0, 0.1) is 0 Å². The smallest absolute Gasteiger partial charge is 0.894 e. The van der Waals surface area contributed by atoms with Gasteiger partial charge in [0.1, 0.15) is 0 Å². The van der Waals surface area contributed by atoms with E-state index >= 15 is 0 Å². The van der Waals surface area contributed by atoms with E-state index in [9.17, 15) is 0 Å².